The van der Waals surface area contributed by atoms with Crippen molar-refractivity contribution < 1.29 is 9.59 Å². The Morgan fingerprint density at radius 3 is 2.18 bits per heavy atom. The Balaban J connectivity index is 2.63. The van der Waals surface area contributed by atoms with E-state index in [4.69, 9.17) is 5.73 Å². The van der Waals surface area contributed by atoms with Crippen LogP contribution in [0.15, 0.2) is 30.3 Å². The molecule has 5 nitrogen and oxygen atoms in total. The van der Waals surface area contributed by atoms with Crippen molar-refractivity contribution in [3.63, 3.8) is 0 Å². The molecule has 0 bridgehead atoms. The van der Waals surface area contributed by atoms with E-state index >= 15 is 0 Å². The van der Waals surface area contributed by atoms with Crippen molar-refractivity contribution in [2.24, 2.45) is 11.1 Å². The number of urea groups is 1. The second kappa shape index (κ2) is 6.81. The standard InChI is InChI=1S/C17H27N3O2/c1-12(17(4,5)13-9-7-6-8-10-13)20-15(22)19-11-16(2,3)14(18)21/h6-10,12H,11H2,1-5H3,(H2,18,21)(H2,19,20,22)/t12-/m0/s1. The first-order valence-corrected chi connectivity index (χ1v) is 7.47. The average Bonchev–Trinajstić information content (AvgIpc) is 2.46. The monoisotopic (exact) mass is 305 g/mol. The van der Waals surface area contributed by atoms with Gasteiger partial charge in [-0.05, 0) is 26.3 Å². The van der Waals surface area contributed by atoms with Crippen LogP contribution in [-0.2, 0) is 10.2 Å². The molecule has 0 unspecified atom stereocenters. The van der Waals surface area contributed by atoms with E-state index in [9.17, 15) is 9.59 Å². The second-order valence-corrected chi connectivity index (χ2v) is 6.88. The molecule has 1 aromatic carbocycles. The van der Waals surface area contributed by atoms with Gasteiger partial charge < -0.3 is 16.4 Å². The summed E-state index contributed by atoms with van der Waals surface area (Å²) in [6.45, 7) is 9.74. The molecule has 0 aromatic heterocycles. The molecule has 0 fully saturated rings. The lowest BCUT2D eigenvalue weighted by Crippen LogP contribution is -2.51. The van der Waals surface area contributed by atoms with Crippen LogP contribution in [0.3, 0.4) is 0 Å². The minimum absolute atomic E-state index is 0.0772. The fraction of sp³-hybridized carbons (Fsp3) is 0.529. The number of rotatable bonds is 6. The van der Waals surface area contributed by atoms with Gasteiger partial charge in [-0.3, -0.25) is 4.79 Å². The summed E-state index contributed by atoms with van der Waals surface area (Å²) >= 11 is 0. The third kappa shape index (κ3) is 4.48. The predicted molar refractivity (Wildman–Crippen MR) is 88.4 cm³/mol. The largest absolute Gasteiger partial charge is 0.369 e. The Morgan fingerprint density at radius 1 is 1.14 bits per heavy atom. The zero-order chi connectivity index (χ0) is 17.0. The van der Waals surface area contributed by atoms with Crippen molar-refractivity contribution in [1.29, 1.82) is 0 Å². The fourth-order valence-corrected chi connectivity index (χ4v) is 1.93. The highest BCUT2D eigenvalue weighted by molar-refractivity contribution is 5.81. The van der Waals surface area contributed by atoms with Crippen LogP contribution >= 0.6 is 0 Å². The molecule has 1 atom stereocenters. The Morgan fingerprint density at radius 2 is 1.68 bits per heavy atom. The lowest BCUT2D eigenvalue weighted by Gasteiger charge is -2.33. The van der Waals surface area contributed by atoms with Gasteiger partial charge in [0.05, 0.1) is 5.41 Å². The number of amides is 3. The van der Waals surface area contributed by atoms with Crippen molar-refractivity contribution in [3.05, 3.63) is 35.9 Å². The molecular formula is C17H27N3O2. The van der Waals surface area contributed by atoms with Crippen LogP contribution in [0.25, 0.3) is 0 Å². The van der Waals surface area contributed by atoms with Gasteiger partial charge in [-0.25, -0.2) is 4.79 Å². The maximum absolute atomic E-state index is 12.0. The molecule has 3 amide bonds. The summed E-state index contributed by atoms with van der Waals surface area (Å²) in [5.74, 6) is -0.439. The van der Waals surface area contributed by atoms with E-state index in [-0.39, 0.29) is 24.0 Å². The Kier molecular flexibility index (Phi) is 5.58. The number of primary amides is 1. The van der Waals surface area contributed by atoms with Gasteiger partial charge in [-0.1, -0.05) is 44.2 Å². The molecule has 0 saturated heterocycles. The van der Waals surface area contributed by atoms with E-state index in [0.29, 0.717) is 0 Å². The van der Waals surface area contributed by atoms with Gasteiger partial charge in [-0.2, -0.15) is 0 Å². The van der Waals surface area contributed by atoms with Gasteiger partial charge in [0, 0.05) is 18.0 Å². The maximum Gasteiger partial charge on any atom is 0.315 e. The van der Waals surface area contributed by atoms with E-state index in [1.807, 2.05) is 37.3 Å². The lowest BCUT2D eigenvalue weighted by atomic mass is 9.78. The number of nitrogens with one attached hydrogen (secondary N) is 2. The number of nitrogens with two attached hydrogens (primary N) is 1. The molecule has 1 rings (SSSR count). The summed E-state index contributed by atoms with van der Waals surface area (Å²) in [6, 6.07) is 9.66. The van der Waals surface area contributed by atoms with Crippen LogP contribution in [0, 0.1) is 5.41 Å². The van der Waals surface area contributed by atoms with Crippen molar-refractivity contribution in [1.82, 2.24) is 10.6 Å². The lowest BCUT2D eigenvalue weighted by molar-refractivity contribution is -0.125. The molecular weight excluding hydrogens is 278 g/mol. The van der Waals surface area contributed by atoms with E-state index in [1.165, 1.54) is 0 Å². The second-order valence-electron chi connectivity index (χ2n) is 6.88. The number of hydrogen-bond acceptors (Lipinski definition) is 2. The predicted octanol–water partition coefficient (Wildman–Crippen LogP) is 2.16. The van der Waals surface area contributed by atoms with E-state index in [2.05, 4.69) is 24.5 Å². The van der Waals surface area contributed by atoms with E-state index in [0.717, 1.165) is 5.56 Å². The van der Waals surface area contributed by atoms with Crippen LogP contribution in [0.1, 0.15) is 40.2 Å². The number of carbonyl (C=O) groups is 2. The molecule has 0 radical (unpaired) electrons. The molecule has 4 N–H and O–H groups in total. The van der Waals surface area contributed by atoms with Crippen molar-refractivity contribution in [2.45, 2.75) is 46.1 Å². The van der Waals surface area contributed by atoms with Gasteiger partial charge in [0.15, 0.2) is 0 Å². The molecule has 0 aliphatic rings. The smallest absolute Gasteiger partial charge is 0.315 e. The first-order valence-electron chi connectivity index (χ1n) is 7.47. The molecule has 0 aliphatic carbocycles. The molecule has 0 aliphatic heterocycles. The number of hydrogen-bond donors (Lipinski definition) is 3. The van der Waals surface area contributed by atoms with Gasteiger partial charge in [0.25, 0.3) is 0 Å². The fourth-order valence-electron chi connectivity index (χ4n) is 1.93. The summed E-state index contributed by atoms with van der Waals surface area (Å²) < 4.78 is 0. The van der Waals surface area contributed by atoms with Crippen LogP contribution < -0.4 is 16.4 Å². The topological polar surface area (TPSA) is 84.2 Å². The van der Waals surface area contributed by atoms with Crippen LogP contribution in [0.5, 0.6) is 0 Å². The molecule has 1 aromatic rings. The van der Waals surface area contributed by atoms with Crippen molar-refractivity contribution >= 4 is 11.9 Å². The van der Waals surface area contributed by atoms with Crippen molar-refractivity contribution in [2.75, 3.05) is 6.54 Å². The highest BCUT2D eigenvalue weighted by atomic mass is 16.2. The van der Waals surface area contributed by atoms with Crippen LogP contribution in [-0.4, -0.2) is 24.5 Å². The summed E-state index contributed by atoms with van der Waals surface area (Å²) in [5, 5.41) is 5.64. The zero-order valence-electron chi connectivity index (χ0n) is 14.1. The number of benzene rings is 1. The van der Waals surface area contributed by atoms with E-state index in [1.54, 1.807) is 13.8 Å². The van der Waals surface area contributed by atoms with Crippen molar-refractivity contribution in [3.8, 4) is 0 Å². The molecule has 5 heteroatoms. The summed E-state index contributed by atoms with van der Waals surface area (Å²) in [5.41, 5.74) is 5.47. The molecule has 0 spiro atoms. The van der Waals surface area contributed by atoms with Gasteiger partial charge in [-0.15, -0.1) is 0 Å². The van der Waals surface area contributed by atoms with Gasteiger partial charge in [0.1, 0.15) is 0 Å². The Hall–Kier alpha value is -2.04. The molecule has 122 valence electrons. The van der Waals surface area contributed by atoms with E-state index < -0.39 is 11.3 Å². The molecule has 0 heterocycles. The Bertz CT molecular complexity index is 524. The minimum Gasteiger partial charge on any atom is -0.369 e. The highest BCUT2D eigenvalue weighted by Gasteiger charge is 2.30. The average molecular weight is 305 g/mol. The SMILES string of the molecule is C[C@H](NC(=O)NCC(C)(C)C(N)=O)C(C)(C)c1ccccc1. The Labute approximate surface area is 132 Å². The summed E-state index contributed by atoms with van der Waals surface area (Å²) in [7, 11) is 0. The maximum atomic E-state index is 12.0. The zero-order valence-corrected chi connectivity index (χ0v) is 14.1. The normalized spacial score (nSPS) is 13.3. The minimum atomic E-state index is -0.768. The molecule has 0 saturated carbocycles. The third-order valence-corrected chi connectivity index (χ3v) is 4.31. The highest BCUT2D eigenvalue weighted by Crippen LogP contribution is 2.26. The van der Waals surface area contributed by atoms with Crippen LogP contribution in [0.2, 0.25) is 0 Å². The first kappa shape index (κ1) is 18.0. The quantitative estimate of drug-likeness (QED) is 0.752. The summed E-state index contributed by atoms with van der Waals surface area (Å²) in [4.78, 5) is 23.3. The first-order chi connectivity index (χ1) is 10.1. The van der Waals surface area contributed by atoms with Gasteiger partial charge >= 0.3 is 6.03 Å². The third-order valence-electron chi connectivity index (χ3n) is 4.31. The summed E-state index contributed by atoms with van der Waals surface area (Å²) in [6.07, 6.45) is 0. The van der Waals surface area contributed by atoms with Gasteiger partial charge in [0.2, 0.25) is 5.91 Å². The molecule has 22 heavy (non-hydrogen) atoms. The number of carbonyl (C=O) groups excluding carboxylic acids is 2. The van der Waals surface area contributed by atoms with Crippen LogP contribution in [0.4, 0.5) is 4.79 Å².